The Kier molecular flexibility index (Phi) is 3.64. The molecule has 2 heterocycles. The number of furan rings is 1. The number of carboxylic acids is 1. The average Bonchev–Trinajstić information content (AvgIpc) is 2.93. The van der Waals surface area contributed by atoms with Gasteiger partial charge in [0.05, 0.1) is 12.7 Å². The highest BCUT2D eigenvalue weighted by atomic mass is 32.2. The summed E-state index contributed by atoms with van der Waals surface area (Å²) in [6.45, 7) is 2.92. The first-order chi connectivity index (χ1) is 9.29. The minimum Gasteiger partial charge on any atom is -0.475 e. The molecular weight excluding hydrogens is 288 g/mol. The van der Waals surface area contributed by atoms with Crippen molar-refractivity contribution in [2.45, 2.75) is 25.3 Å². The van der Waals surface area contributed by atoms with E-state index in [0.29, 0.717) is 5.76 Å². The van der Waals surface area contributed by atoms with Crippen LogP contribution >= 0.6 is 0 Å². The summed E-state index contributed by atoms with van der Waals surface area (Å²) in [5.41, 5.74) is 0. The Balaban J connectivity index is 2.20. The molecule has 0 atom stereocenters. The molecule has 0 aliphatic carbocycles. The van der Waals surface area contributed by atoms with Crippen LogP contribution in [0, 0.1) is 13.8 Å². The van der Waals surface area contributed by atoms with E-state index in [2.05, 4.69) is 9.71 Å². The Labute approximate surface area is 114 Å². The van der Waals surface area contributed by atoms with Crippen molar-refractivity contribution in [1.29, 1.82) is 0 Å². The second-order valence-corrected chi connectivity index (χ2v) is 5.76. The Morgan fingerprint density at radius 3 is 2.60 bits per heavy atom. The molecule has 2 N–H and O–H groups in total. The van der Waals surface area contributed by atoms with Gasteiger partial charge in [0.15, 0.2) is 0 Å². The van der Waals surface area contributed by atoms with E-state index in [9.17, 15) is 13.2 Å². The fraction of sp³-hybridized carbons (Fsp3) is 0.273. The molecular formula is C11H12N2O6S. The lowest BCUT2D eigenvalue weighted by Gasteiger charge is -2.02. The third-order valence-corrected chi connectivity index (χ3v) is 3.96. The summed E-state index contributed by atoms with van der Waals surface area (Å²) in [4.78, 5) is 14.4. The molecule has 20 heavy (non-hydrogen) atoms. The Morgan fingerprint density at radius 1 is 1.40 bits per heavy atom. The molecule has 8 nitrogen and oxygen atoms in total. The van der Waals surface area contributed by atoms with Crippen LogP contribution in [0.15, 0.2) is 26.0 Å². The van der Waals surface area contributed by atoms with E-state index in [0.717, 1.165) is 6.07 Å². The highest BCUT2D eigenvalue weighted by Gasteiger charge is 2.24. The number of sulfonamides is 1. The zero-order valence-electron chi connectivity index (χ0n) is 10.7. The molecule has 0 unspecified atom stereocenters. The molecule has 2 aromatic heterocycles. The van der Waals surface area contributed by atoms with Crippen LogP contribution < -0.4 is 4.72 Å². The first-order valence-electron chi connectivity index (χ1n) is 5.54. The third-order valence-electron chi connectivity index (χ3n) is 2.46. The molecule has 0 saturated heterocycles. The molecule has 0 aliphatic heterocycles. The van der Waals surface area contributed by atoms with E-state index < -0.39 is 21.8 Å². The van der Waals surface area contributed by atoms with Crippen LogP contribution in [0.1, 0.15) is 28.0 Å². The number of carbonyl (C=O) groups is 1. The molecule has 0 saturated carbocycles. The number of aromatic nitrogens is 1. The van der Waals surface area contributed by atoms with Crippen LogP contribution in [0.2, 0.25) is 0 Å². The number of rotatable bonds is 5. The monoisotopic (exact) mass is 300 g/mol. The number of aromatic carboxylic acids is 1. The first kappa shape index (κ1) is 14.3. The Hall–Kier alpha value is -2.13. The molecule has 0 radical (unpaired) electrons. The zero-order valence-corrected chi connectivity index (χ0v) is 11.5. The summed E-state index contributed by atoms with van der Waals surface area (Å²) in [5.74, 6) is -0.997. The summed E-state index contributed by atoms with van der Waals surface area (Å²) >= 11 is 0. The van der Waals surface area contributed by atoms with Crippen LogP contribution in [0.5, 0.6) is 0 Å². The van der Waals surface area contributed by atoms with Crippen molar-refractivity contribution >= 4 is 16.0 Å². The smallest absolute Gasteiger partial charge is 0.371 e. The molecule has 0 aliphatic rings. The van der Waals surface area contributed by atoms with Crippen LogP contribution in [0.25, 0.3) is 0 Å². The summed E-state index contributed by atoms with van der Waals surface area (Å²) in [6, 6.07) is 0.959. The maximum absolute atomic E-state index is 12.0. The average molecular weight is 300 g/mol. The van der Waals surface area contributed by atoms with Crippen molar-refractivity contribution in [2.75, 3.05) is 0 Å². The lowest BCUT2D eigenvalue weighted by molar-refractivity contribution is 0.0661. The van der Waals surface area contributed by atoms with Gasteiger partial charge in [0.25, 0.3) is 0 Å². The van der Waals surface area contributed by atoms with Crippen LogP contribution in [0.4, 0.5) is 0 Å². The number of aryl methyl sites for hydroxylation is 2. The van der Waals surface area contributed by atoms with E-state index in [-0.39, 0.29) is 23.1 Å². The quantitative estimate of drug-likeness (QED) is 0.846. The highest BCUT2D eigenvalue weighted by molar-refractivity contribution is 7.89. The first-order valence-corrected chi connectivity index (χ1v) is 7.02. The number of oxazole rings is 1. The van der Waals surface area contributed by atoms with Crippen LogP contribution in [-0.2, 0) is 16.6 Å². The van der Waals surface area contributed by atoms with Gasteiger partial charge in [-0.05, 0) is 13.8 Å². The molecule has 0 aromatic carbocycles. The lowest BCUT2D eigenvalue weighted by atomic mass is 10.4. The van der Waals surface area contributed by atoms with Gasteiger partial charge < -0.3 is 13.9 Å². The van der Waals surface area contributed by atoms with Crippen LogP contribution in [-0.4, -0.2) is 24.5 Å². The summed E-state index contributed by atoms with van der Waals surface area (Å²) in [5, 5.41) is 8.77. The van der Waals surface area contributed by atoms with Crippen molar-refractivity contribution in [3.05, 3.63) is 35.4 Å². The highest BCUT2D eigenvalue weighted by Crippen LogP contribution is 2.20. The molecule has 2 aromatic rings. The molecule has 9 heteroatoms. The van der Waals surface area contributed by atoms with E-state index >= 15 is 0 Å². The molecule has 0 spiro atoms. The SMILES string of the molecule is Cc1cnc(CNS(=O)(=O)c2cc(C(=O)O)oc2C)o1. The van der Waals surface area contributed by atoms with Gasteiger partial charge in [-0.2, -0.15) is 0 Å². The van der Waals surface area contributed by atoms with Crippen molar-refractivity contribution in [2.24, 2.45) is 0 Å². The van der Waals surface area contributed by atoms with Crippen molar-refractivity contribution < 1.29 is 27.2 Å². The normalized spacial score (nSPS) is 11.7. The van der Waals surface area contributed by atoms with Gasteiger partial charge in [-0.3, -0.25) is 0 Å². The van der Waals surface area contributed by atoms with E-state index in [1.807, 2.05) is 0 Å². The maximum atomic E-state index is 12.0. The van der Waals surface area contributed by atoms with Gasteiger partial charge in [0.2, 0.25) is 21.7 Å². The largest absolute Gasteiger partial charge is 0.475 e. The lowest BCUT2D eigenvalue weighted by Crippen LogP contribution is -2.23. The molecule has 2 rings (SSSR count). The van der Waals surface area contributed by atoms with Gasteiger partial charge in [0, 0.05) is 6.07 Å². The molecule has 0 amide bonds. The van der Waals surface area contributed by atoms with Gasteiger partial charge in [0.1, 0.15) is 16.4 Å². The number of hydrogen-bond acceptors (Lipinski definition) is 6. The van der Waals surface area contributed by atoms with Gasteiger partial charge in [-0.1, -0.05) is 0 Å². The molecule has 0 bridgehead atoms. The minimum atomic E-state index is -3.90. The van der Waals surface area contributed by atoms with Crippen molar-refractivity contribution in [1.82, 2.24) is 9.71 Å². The Bertz CT molecular complexity index is 743. The van der Waals surface area contributed by atoms with Gasteiger partial charge in [-0.25, -0.2) is 22.9 Å². The third kappa shape index (κ3) is 2.89. The van der Waals surface area contributed by atoms with E-state index in [4.69, 9.17) is 13.9 Å². The van der Waals surface area contributed by atoms with Gasteiger partial charge >= 0.3 is 5.97 Å². The second kappa shape index (κ2) is 5.10. The number of nitrogens with zero attached hydrogens (tertiary/aromatic N) is 1. The topological polar surface area (TPSA) is 123 Å². The van der Waals surface area contributed by atoms with Crippen molar-refractivity contribution in [3.8, 4) is 0 Å². The maximum Gasteiger partial charge on any atom is 0.371 e. The number of hydrogen-bond donors (Lipinski definition) is 2. The predicted molar refractivity (Wildman–Crippen MR) is 65.7 cm³/mol. The minimum absolute atomic E-state index is 0.00140. The summed E-state index contributed by atoms with van der Waals surface area (Å²) in [6.07, 6.45) is 1.47. The molecule has 0 fully saturated rings. The standard InChI is InChI=1S/C11H12N2O6S/c1-6-4-12-10(18-6)5-13-20(16,17)9-3-8(11(14)15)19-7(9)2/h3-4,13H,5H2,1-2H3,(H,14,15). The number of nitrogens with one attached hydrogen (secondary N) is 1. The Morgan fingerprint density at radius 2 is 2.10 bits per heavy atom. The fourth-order valence-electron chi connectivity index (χ4n) is 1.56. The number of carboxylic acid groups (broad SMARTS) is 1. The summed E-state index contributed by atoms with van der Waals surface area (Å²) < 4.78 is 36.3. The molecule has 108 valence electrons. The fourth-order valence-corrected chi connectivity index (χ4v) is 2.71. The van der Waals surface area contributed by atoms with Crippen LogP contribution in [0.3, 0.4) is 0 Å². The van der Waals surface area contributed by atoms with Gasteiger partial charge in [-0.15, -0.1) is 0 Å². The zero-order chi connectivity index (χ0) is 14.9. The van der Waals surface area contributed by atoms with E-state index in [1.165, 1.54) is 13.1 Å². The van der Waals surface area contributed by atoms with Crippen molar-refractivity contribution in [3.63, 3.8) is 0 Å². The summed E-state index contributed by atoms with van der Waals surface area (Å²) in [7, 11) is -3.90. The van der Waals surface area contributed by atoms with E-state index in [1.54, 1.807) is 6.92 Å². The second-order valence-electron chi connectivity index (χ2n) is 4.03. The predicted octanol–water partition coefficient (Wildman–Crippen LogP) is 1.06.